The maximum atomic E-state index is 13.1. The molecule has 150 valence electrons. The number of fused-ring (bicyclic) bond motifs is 1. The van der Waals surface area contributed by atoms with Gasteiger partial charge in [-0.05, 0) is 80.8 Å². The molecule has 1 aliphatic carbocycles. The van der Waals surface area contributed by atoms with Crippen LogP contribution in [0.4, 0.5) is 0 Å². The molecule has 7 heteroatoms. The van der Waals surface area contributed by atoms with Gasteiger partial charge in [-0.2, -0.15) is 4.31 Å². The molecule has 1 aromatic heterocycles. The third-order valence-electron chi connectivity index (χ3n) is 5.71. The number of rotatable bonds is 4. The van der Waals surface area contributed by atoms with Gasteiger partial charge in [-0.25, -0.2) is 8.42 Å². The Labute approximate surface area is 170 Å². The lowest BCUT2D eigenvalue weighted by atomic mass is 9.92. The third-order valence-corrected chi connectivity index (χ3v) is 8.61. The minimum atomic E-state index is -3.47. The predicted octanol–water partition coefficient (Wildman–Crippen LogP) is 3.52. The Balaban J connectivity index is 1.39. The fraction of sp³-hybridized carbons (Fsp3) is 0.476. The summed E-state index contributed by atoms with van der Waals surface area (Å²) in [5, 5.41) is 3.05. The Morgan fingerprint density at radius 1 is 1.07 bits per heavy atom. The quantitative estimate of drug-likeness (QED) is 0.826. The van der Waals surface area contributed by atoms with Gasteiger partial charge in [0.05, 0.1) is 9.77 Å². The summed E-state index contributed by atoms with van der Waals surface area (Å²) in [6, 6.07) is 9.41. The Bertz CT molecular complexity index is 973. The van der Waals surface area contributed by atoms with E-state index in [0.29, 0.717) is 35.7 Å². The standard InChI is InChI=1S/C21H26N2O3S2/c1-15-6-9-20(27-15)21(24)22-18-10-12-23(13-11-18)28(25,26)19-8-7-16-4-2-3-5-17(16)14-19/h6-9,14,18H,2-5,10-13H2,1H3,(H,22,24). The number of benzene rings is 1. The zero-order chi connectivity index (χ0) is 19.7. The van der Waals surface area contributed by atoms with Crippen LogP contribution in [0.5, 0.6) is 0 Å². The zero-order valence-electron chi connectivity index (χ0n) is 16.1. The molecular weight excluding hydrogens is 392 g/mol. The smallest absolute Gasteiger partial charge is 0.261 e. The van der Waals surface area contributed by atoms with Crippen molar-refractivity contribution in [1.29, 1.82) is 0 Å². The first-order valence-electron chi connectivity index (χ1n) is 9.93. The first-order chi connectivity index (χ1) is 13.4. The lowest BCUT2D eigenvalue weighted by molar-refractivity contribution is 0.0928. The minimum absolute atomic E-state index is 0.0184. The van der Waals surface area contributed by atoms with Crippen LogP contribution in [-0.4, -0.2) is 37.8 Å². The van der Waals surface area contributed by atoms with E-state index < -0.39 is 10.0 Å². The summed E-state index contributed by atoms with van der Waals surface area (Å²) in [7, 11) is -3.47. The molecule has 1 aliphatic heterocycles. The number of nitrogens with one attached hydrogen (secondary N) is 1. The van der Waals surface area contributed by atoms with Gasteiger partial charge in [0.1, 0.15) is 0 Å². The summed E-state index contributed by atoms with van der Waals surface area (Å²) in [6.07, 6.45) is 5.61. The highest BCUT2D eigenvalue weighted by Gasteiger charge is 2.30. The number of sulfonamides is 1. The molecule has 1 saturated heterocycles. The fourth-order valence-corrected chi connectivity index (χ4v) is 6.36. The molecule has 0 unspecified atom stereocenters. The summed E-state index contributed by atoms with van der Waals surface area (Å²) in [5.41, 5.74) is 2.47. The van der Waals surface area contributed by atoms with Gasteiger partial charge < -0.3 is 5.32 Å². The van der Waals surface area contributed by atoms with Crippen molar-refractivity contribution in [3.63, 3.8) is 0 Å². The van der Waals surface area contributed by atoms with Crippen molar-refractivity contribution in [3.05, 3.63) is 51.2 Å². The second-order valence-electron chi connectivity index (χ2n) is 7.70. The van der Waals surface area contributed by atoms with Crippen molar-refractivity contribution in [2.45, 2.75) is 56.4 Å². The first kappa shape index (κ1) is 19.6. The first-order valence-corrected chi connectivity index (χ1v) is 12.2. The van der Waals surface area contributed by atoms with Gasteiger partial charge in [-0.15, -0.1) is 11.3 Å². The van der Waals surface area contributed by atoms with Gasteiger partial charge >= 0.3 is 0 Å². The molecule has 1 aromatic carbocycles. The summed E-state index contributed by atoms with van der Waals surface area (Å²) >= 11 is 1.48. The number of hydrogen-bond donors (Lipinski definition) is 1. The Hall–Kier alpha value is -1.70. The lowest BCUT2D eigenvalue weighted by Crippen LogP contribution is -2.46. The second-order valence-corrected chi connectivity index (χ2v) is 10.9. The zero-order valence-corrected chi connectivity index (χ0v) is 17.7. The van der Waals surface area contributed by atoms with Crippen molar-refractivity contribution in [2.75, 3.05) is 13.1 Å². The van der Waals surface area contributed by atoms with E-state index in [1.54, 1.807) is 10.4 Å². The number of nitrogens with zero attached hydrogens (tertiary/aromatic N) is 1. The minimum Gasteiger partial charge on any atom is -0.349 e. The Kier molecular flexibility index (Phi) is 5.58. The van der Waals surface area contributed by atoms with Crippen LogP contribution in [-0.2, 0) is 22.9 Å². The molecule has 0 radical (unpaired) electrons. The van der Waals surface area contributed by atoms with Crippen LogP contribution >= 0.6 is 11.3 Å². The number of carbonyl (C=O) groups is 1. The number of carbonyl (C=O) groups excluding carboxylic acids is 1. The van der Waals surface area contributed by atoms with Crippen LogP contribution < -0.4 is 5.32 Å². The summed E-state index contributed by atoms with van der Waals surface area (Å²) in [4.78, 5) is 14.6. The van der Waals surface area contributed by atoms with Gasteiger partial charge in [0.25, 0.3) is 5.91 Å². The van der Waals surface area contributed by atoms with Crippen molar-refractivity contribution in [3.8, 4) is 0 Å². The van der Waals surface area contributed by atoms with Gasteiger partial charge in [0.2, 0.25) is 10.0 Å². The van der Waals surface area contributed by atoms with Gasteiger partial charge in [-0.3, -0.25) is 4.79 Å². The van der Waals surface area contributed by atoms with E-state index in [1.165, 1.54) is 28.9 Å². The number of amides is 1. The van der Waals surface area contributed by atoms with E-state index >= 15 is 0 Å². The normalized spacial score (nSPS) is 18.6. The molecule has 4 rings (SSSR count). The fourth-order valence-electron chi connectivity index (χ4n) is 4.07. The van der Waals surface area contributed by atoms with Crippen molar-refractivity contribution in [1.82, 2.24) is 9.62 Å². The van der Waals surface area contributed by atoms with E-state index in [9.17, 15) is 13.2 Å². The molecule has 0 bridgehead atoms. The summed E-state index contributed by atoms with van der Waals surface area (Å²) in [6.45, 7) is 2.85. The molecule has 1 amide bonds. The average molecular weight is 419 g/mol. The second kappa shape index (κ2) is 7.97. The summed E-state index contributed by atoms with van der Waals surface area (Å²) < 4.78 is 27.7. The van der Waals surface area contributed by atoms with Crippen LogP contribution in [0.1, 0.15) is 51.4 Å². The third kappa shape index (κ3) is 4.02. The monoisotopic (exact) mass is 418 g/mol. The molecular formula is C21H26N2O3S2. The van der Waals surface area contributed by atoms with Crippen LogP contribution in [0.3, 0.4) is 0 Å². The van der Waals surface area contributed by atoms with E-state index in [-0.39, 0.29) is 11.9 Å². The van der Waals surface area contributed by atoms with Crippen molar-refractivity contribution < 1.29 is 13.2 Å². The largest absolute Gasteiger partial charge is 0.349 e. The van der Waals surface area contributed by atoms with Crippen LogP contribution in [0, 0.1) is 6.92 Å². The number of thiophene rings is 1. The van der Waals surface area contributed by atoms with E-state index in [4.69, 9.17) is 0 Å². The molecule has 1 fully saturated rings. The highest BCUT2D eigenvalue weighted by atomic mass is 32.2. The van der Waals surface area contributed by atoms with Gasteiger partial charge in [0, 0.05) is 24.0 Å². The van der Waals surface area contributed by atoms with Crippen LogP contribution in [0.15, 0.2) is 35.2 Å². The maximum Gasteiger partial charge on any atom is 0.261 e. The van der Waals surface area contributed by atoms with Crippen molar-refractivity contribution >= 4 is 27.3 Å². The Morgan fingerprint density at radius 3 is 2.46 bits per heavy atom. The maximum absolute atomic E-state index is 13.1. The molecule has 0 saturated carbocycles. The highest BCUT2D eigenvalue weighted by Crippen LogP contribution is 2.27. The molecule has 2 heterocycles. The SMILES string of the molecule is Cc1ccc(C(=O)NC2CCN(S(=O)(=O)c3ccc4c(c3)CCCC4)CC2)s1. The van der Waals surface area contributed by atoms with Crippen LogP contribution in [0.25, 0.3) is 0 Å². The molecule has 28 heavy (non-hydrogen) atoms. The average Bonchev–Trinajstić information content (AvgIpc) is 3.14. The number of piperidine rings is 1. The van der Waals surface area contributed by atoms with Gasteiger partial charge in [-0.1, -0.05) is 6.07 Å². The van der Waals surface area contributed by atoms with E-state index in [1.807, 2.05) is 31.2 Å². The molecule has 0 atom stereocenters. The summed E-state index contributed by atoms with van der Waals surface area (Å²) in [5.74, 6) is -0.0610. The van der Waals surface area contributed by atoms with E-state index in [0.717, 1.165) is 24.1 Å². The molecule has 0 spiro atoms. The number of aryl methyl sites for hydroxylation is 3. The topological polar surface area (TPSA) is 66.5 Å². The van der Waals surface area contributed by atoms with Crippen LogP contribution in [0.2, 0.25) is 0 Å². The highest BCUT2D eigenvalue weighted by molar-refractivity contribution is 7.89. The van der Waals surface area contributed by atoms with E-state index in [2.05, 4.69) is 5.32 Å². The lowest BCUT2D eigenvalue weighted by Gasteiger charge is -2.31. The Morgan fingerprint density at radius 2 is 1.79 bits per heavy atom. The molecule has 5 nitrogen and oxygen atoms in total. The van der Waals surface area contributed by atoms with Crippen molar-refractivity contribution in [2.24, 2.45) is 0 Å². The predicted molar refractivity (Wildman–Crippen MR) is 111 cm³/mol. The number of hydrogen-bond acceptors (Lipinski definition) is 4. The molecule has 2 aliphatic rings. The molecule has 1 N–H and O–H groups in total. The van der Waals surface area contributed by atoms with Gasteiger partial charge in [0.15, 0.2) is 0 Å². The molecule has 2 aromatic rings.